The summed E-state index contributed by atoms with van der Waals surface area (Å²) in [5.41, 5.74) is 0. The summed E-state index contributed by atoms with van der Waals surface area (Å²) in [5.74, 6) is 0. The monoisotopic (exact) mass is 187 g/mol. The van der Waals surface area contributed by atoms with Gasteiger partial charge in [0.25, 0.3) is 0 Å². The van der Waals surface area contributed by atoms with E-state index < -0.39 is 0 Å². The molecule has 0 saturated carbocycles. The van der Waals surface area contributed by atoms with Gasteiger partial charge in [0, 0.05) is 32.2 Å². The van der Waals surface area contributed by atoms with Crippen LogP contribution in [0.15, 0.2) is 0 Å². The van der Waals surface area contributed by atoms with E-state index in [1.165, 1.54) is 0 Å². The standard InChI is InChI=1S/C10H21NO2/c1-8(2)11-5-6-13-10(12-4)7-9(11)3/h8-10H,5-7H2,1-4H3/t9?,10-/m1/s1. The maximum absolute atomic E-state index is 5.54. The highest BCUT2D eigenvalue weighted by molar-refractivity contribution is 4.74. The van der Waals surface area contributed by atoms with Crippen molar-refractivity contribution in [2.45, 2.75) is 45.6 Å². The maximum Gasteiger partial charge on any atom is 0.158 e. The Labute approximate surface area is 81.0 Å². The Morgan fingerprint density at radius 3 is 2.69 bits per heavy atom. The van der Waals surface area contributed by atoms with E-state index in [1.54, 1.807) is 7.11 Å². The van der Waals surface area contributed by atoms with Gasteiger partial charge in [-0.25, -0.2) is 0 Å². The van der Waals surface area contributed by atoms with Crippen LogP contribution >= 0.6 is 0 Å². The Kier molecular flexibility index (Phi) is 4.16. The fourth-order valence-corrected chi connectivity index (χ4v) is 1.92. The predicted octanol–water partition coefficient (Wildman–Crippen LogP) is 1.48. The molecule has 13 heavy (non-hydrogen) atoms. The van der Waals surface area contributed by atoms with Crippen molar-refractivity contribution in [2.75, 3.05) is 20.3 Å². The molecule has 3 heteroatoms. The van der Waals surface area contributed by atoms with Crippen LogP contribution in [-0.4, -0.2) is 43.5 Å². The molecule has 3 nitrogen and oxygen atoms in total. The second-order valence-corrected chi connectivity index (χ2v) is 3.95. The molecule has 78 valence electrons. The summed E-state index contributed by atoms with van der Waals surface area (Å²) in [6.45, 7) is 8.48. The predicted molar refractivity (Wildman–Crippen MR) is 52.7 cm³/mol. The van der Waals surface area contributed by atoms with Gasteiger partial charge in [-0.3, -0.25) is 4.90 Å². The summed E-state index contributed by atoms with van der Waals surface area (Å²) in [4.78, 5) is 2.46. The molecule has 0 amide bonds. The van der Waals surface area contributed by atoms with Gasteiger partial charge in [0.15, 0.2) is 6.29 Å². The van der Waals surface area contributed by atoms with Crippen LogP contribution in [0.5, 0.6) is 0 Å². The first kappa shape index (κ1) is 11.0. The molecule has 1 heterocycles. The number of ether oxygens (including phenoxy) is 2. The third kappa shape index (κ3) is 2.93. The smallest absolute Gasteiger partial charge is 0.158 e. The molecule has 1 fully saturated rings. The average Bonchev–Trinajstić information content (AvgIpc) is 2.26. The number of hydrogen-bond acceptors (Lipinski definition) is 3. The summed E-state index contributed by atoms with van der Waals surface area (Å²) in [7, 11) is 1.71. The van der Waals surface area contributed by atoms with Gasteiger partial charge >= 0.3 is 0 Å². The van der Waals surface area contributed by atoms with Crippen LogP contribution in [0, 0.1) is 0 Å². The first-order chi connectivity index (χ1) is 6.15. The summed E-state index contributed by atoms with van der Waals surface area (Å²) in [6.07, 6.45) is 0.952. The normalized spacial score (nSPS) is 32.1. The number of rotatable bonds is 2. The lowest BCUT2D eigenvalue weighted by Gasteiger charge is -2.30. The topological polar surface area (TPSA) is 21.7 Å². The van der Waals surface area contributed by atoms with Gasteiger partial charge in [-0.2, -0.15) is 0 Å². The molecule has 1 rings (SSSR count). The average molecular weight is 187 g/mol. The van der Waals surface area contributed by atoms with Crippen molar-refractivity contribution in [3.05, 3.63) is 0 Å². The van der Waals surface area contributed by atoms with Crippen molar-refractivity contribution < 1.29 is 9.47 Å². The molecule has 1 unspecified atom stereocenters. The van der Waals surface area contributed by atoms with Crippen LogP contribution in [0.2, 0.25) is 0 Å². The van der Waals surface area contributed by atoms with Gasteiger partial charge in [-0.05, 0) is 20.8 Å². The Morgan fingerprint density at radius 2 is 2.15 bits per heavy atom. The molecule has 0 bridgehead atoms. The molecule has 0 aromatic heterocycles. The van der Waals surface area contributed by atoms with E-state index in [1.807, 2.05) is 0 Å². The van der Waals surface area contributed by atoms with E-state index in [0.717, 1.165) is 19.6 Å². The zero-order valence-electron chi connectivity index (χ0n) is 9.12. The van der Waals surface area contributed by atoms with Crippen molar-refractivity contribution in [1.29, 1.82) is 0 Å². The highest BCUT2D eigenvalue weighted by atomic mass is 16.7. The first-order valence-corrected chi connectivity index (χ1v) is 5.05. The van der Waals surface area contributed by atoms with Crippen molar-refractivity contribution in [1.82, 2.24) is 4.90 Å². The van der Waals surface area contributed by atoms with Gasteiger partial charge in [0.05, 0.1) is 6.61 Å². The second-order valence-electron chi connectivity index (χ2n) is 3.95. The minimum absolute atomic E-state index is 0.0150. The molecular formula is C10H21NO2. The fourth-order valence-electron chi connectivity index (χ4n) is 1.92. The highest BCUT2D eigenvalue weighted by Gasteiger charge is 2.24. The summed E-state index contributed by atoms with van der Waals surface area (Å²) in [6, 6.07) is 1.14. The minimum atomic E-state index is -0.0150. The quantitative estimate of drug-likeness (QED) is 0.653. The zero-order chi connectivity index (χ0) is 9.84. The highest BCUT2D eigenvalue weighted by Crippen LogP contribution is 2.16. The van der Waals surface area contributed by atoms with Gasteiger partial charge in [-0.1, -0.05) is 0 Å². The minimum Gasteiger partial charge on any atom is -0.356 e. The van der Waals surface area contributed by atoms with Crippen LogP contribution in [0.3, 0.4) is 0 Å². The van der Waals surface area contributed by atoms with E-state index in [2.05, 4.69) is 25.7 Å². The number of hydrogen-bond donors (Lipinski definition) is 0. The van der Waals surface area contributed by atoms with Crippen molar-refractivity contribution in [3.8, 4) is 0 Å². The Balaban J connectivity index is 2.51. The van der Waals surface area contributed by atoms with Crippen LogP contribution in [0.1, 0.15) is 27.2 Å². The van der Waals surface area contributed by atoms with Gasteiger partial charge in [-0.15, -0.1) is 0 Å². The first-order valence-electron chi connectivity index (χ1n) is 5.05. The van der Waals surface area contributed by atoms with Crippen LogP contribution in [0.4, 0.5) is 0 Å². The van der Waals surface area contributed by atoms with Crippen molar-refractivity contribution >= 4 is 0 Å². The SMILES string of the molecule is CO[C@H]1CC(C)N(C(C)C)CCO1. The molecule has 0 N–H and O–H groups in total. The molecule has 0 aliphatic carbocycles. The molecular weight excluding hydrogens is 166 g/mol. The number of methoxy groups -OCH3 is 1. The van der Waals surface area contributed by atoms with Crippen LogP contribution in [-0.2, 0) is 9.47 Å². The van der Waals surface area contributed by atoms with E-state index in [-0.39, 0.29) is 6.29 Å². The van der Waals surface area contributed by atoms with E-state index in [9.17, 15) is 0 Å². The Morgan fingerprint density at radius 1 is 1.46 bits per heavy atom. The summed E-state index contributed by atoms with van der Waals surface area (Å²) in [5, 5.41) is 0. The largest absolute Gasteiger partial charge is 0.356 e. The van der Waals surface area contributed by atoms with E-state index in [4.69, 9.17) is 9.47 Å². The fraction of sp³-hybridized carbons (Fsp3) is 1.00. The van der Waals surface area contributed by atoms with Crippen molar-refractivity contribution in [3.63, 3.8) is 0 Å². The molecule has 0 spiro atoms. The summed E-state index contributed by atoms with van der Waals surface area (Å²) >= 11 is 0. The van der Waals surface area contributed by atoms with Gasteiger partial charge in [0.2, 0.25) is 0 Å². The molecule has 1 aliphatic heterocycles. The second kappa shape index (κ2) is 4.94. The van der Waals surface area contributed by atoms with Crippen LogP contribution in [0.25, 0.3) is 0 Å². The molecule has 0 aromatic carbocycles. The molecule has 0 radical (unpaired) electrons. The van der Waals surface area contributed by atoms with E-state index >= 15 is 0 Å². The lowest BCUT2D eigenvalue weighted by Crippen LogP contribution is -2.39. The third-order valence-corrected chi connectivity index (χ3v) is 2.68. The molecule has 2 atom stereocenters. The van der Waals surface area contributed by atoms with E-state index in [0.29, 0.717) is 12.1 Å². The zero-order valence-corrected chi connectivity index (χ0v) is 9.12. The molecule has 1 aliphatic rings. The van der Waals surface area contributed by atoms with Gasteiger partial charge < -0.3 is 9.47 Å². The molecule has 1 saturated heterocycles. The molecule has 0 aromatic rings. The van der Waals surface area contributed by atoms with Gasteiger partial charge in [0.1, 0.15) is 0 Å². The lowest BCUT2D eigenvalue weighted by molar-refractivity contribution is -0.120. The van der Waals surface area contributed by atoms with Crippen LogP contribution < -0.4 is 0 Å². The lowest BCUT2D eigenvalue weighted by atomic mass is 10.1. The maximum atomic E-state index is 5.54. The number of nitrogens with zero attached hydrogens (tertiary/aromatic N) is 1. The third-order valence-electron chi connectivity index (χ3n) is 2.68. The van der Waals surface area contributed by atoms with Crippen molar-refractivity contribution in [2.24, 2.45) is 0 Å². The Hall–Kier alpha value is -0.120. The summed E-state index contributed by atoms with van der Waals surface area (Å²) < 4.78 is 10.8. The Bertz CT molecular complexity index is 150.